The topological polar surface area (TPSA) is 226 Å². The van der Waals surface area contributed by atoms with Crippen LogP contribution in [-0.2, 0) is 18.4 Å². The largest absolute Gasteiger partial charge is 0.472 e. The molecule has 0 aromatic rings. The Morgan fingerprint density at radius 3 is 1.44 bits per heavy atom. The summed E-state index contributed by atoms with van der Waals surface area (Å²) in [6.45, 7) is 3.73. The summed E-state index contributed by atoms with van der Waals surface area (Å²) in [6.07, 6.45) is 24.1. The molecule has 1 rings (SSSR count). The van der Waals surface area contributed by atoms with Crippen molar-refractivity contribution in [3.63, 3.8) is 0 Å². The van der Waals surface area contributed by atoms with Crippen molar-refractivity contribution in [2.45, 2.75) is 249 Å². The summed E-state index contributed by atoms with van der Waals surface area (Å²) in [5, 5.41) is 74.4. The van der Waals surface area contributed by atoms with Crippen molar-refractivity contribution >= 4 is 13.7 Å². The number of carbonyl (C=O) groups is 1. The molecule has 348 valence electrons. The van der Waals surface area contributed by atoms with Gasteiger partial charge >= 0.3 is 7.82 Å². The zero-order valence-electron chi connectivity index (χ0n) is 36.7. The number of unbranched alkanes of at least 4 members (excludes halogenated alkanes) is 23. The van der Waals surface area contributed by atoms with Crippen LogP contribution in [0.5, 0.6) is 0 Å². The first-order valence-electron chi connectivity index (χ1n) is 23.4. The van der Waals surface area contributed by atoms with Crippen LogP contribution in [0.4, 0.5) is 0 Å². The van der Waals surface area contributed by atoms with Gasteiger partial charge in [-0.25, -0.2) is 4.57 Å². The fourth-order valence-corrected chi connectivity index (χ4v) is 8.38. The van der Waals surface area contributed by atoms with E-state index in [9.17, 15) is 50.0 Å². The molecule has 13 nitrogen and oxygen atoms in total. The number of allylic oxidation sites excluding steroid dienone is 3. The Labute approximate surface area is 356 Å². The van der Waals surface area contributed by atoms with Crippen LogP contribution in [0.25, 0.3) is 0 Å². The first-order chi connectivity index (χ1) is 28.3. The molecule has 0 aromatic heterocycles. The van der Waals surface area contributed by atoms with Crippen molar-refractivity contribution in [2.75, 3.05) is 6.61 Å². The van der Waals surface area contributed by atoms with Gasteiger partial charge in [-0.1, -0.05) is 167 Å². The lowest BCUT2D eigenvalue weighted by atomic mass is 9.85. The fraction of sp³-hybridized carbons (Fsp3) is 0.889. The predicted octanol–water partition coefficient (Wildman–Crippen LogP) is 7.59. The second-order valence-corrected chi connectivity index (χ2v) is 18.2. The molecule has 0 spiro atoms. The summed E-state index contributed by atoms with van der Waals surface area (Å²) in [7, 11) is -5.14. The Bertz CT molecular complexity index is 1110. The molecule has 9 N–H and O–H groups in total. The first-order valence-corrected chi connectivity index (χ1v) is 24.9. The van der Waals surface area contributed by atoms with E-state index in [0.717, 1.165) is 51.4 Å². The Balaban J connectivity index is 2.57. The second kappa shape index (κ2) is 35.3. The van der Waals surface area contributed by atoms with Crippen LogP contribution in [0, 0.1) is 0 Å². The van der Waals surface area contributed by atoms with E-state index in [-0.39, 0.29) is 6.42 Å². The lowest BCUT2D eigenvalue weighted by Gasteiger charge is -2.41. The molecule has 0 aromatic carbocycles. The third kappa shape index (κ3) is 27.5. The molecule has 8 unspecified atom stereocenters. The van der Waals surface area contributed by atoms with Crippen LogP contribution >= 0.6 is 7.82 Å². The van der Waals surface area contributed by atoms with Gasteiger partial charge in [0.25, 0.3) is 0 Å². The molecule has 1 fully saturated rings. The van der Waals surface area contributed by atoms with Crippen molar-refractivity contribution in [1.82, 2.24) is 5.32 Å². The summed E-state index contributed by atoms with van der Waals surface area (Å²) < 4.78 is 22.8. The van der Waals surface area contributed by atoms with Gasteiger partial charge in [0, 0.05) is 0 Å². The molecule has 59 heavy (non-hydrogen) atoms. The molecule has 1 amide bonds. The third-order valence-corrected chi connectivity index (χ3v) is 12.3. The number of nitrogens with one attached hydrogen (secondary N) is 1. The Hall–Kier alpha value is -1.22. The number of carbonyl (C=O) groups excluding carboxylic acids is 1. The lowest BCUT2D eigenvalue weighted by molar-refractivity contribution is -0.220. The van der Waals surface area contributed by atoms with Crippen molar-refractivity contribution in [3.05, 3.63) is 24.3 Å². The van der Waals surface area contributed by atoms with Gasteiger partial charge in [-0.05, 0) is 44.9 Å². The van der Waals surface area contributed by atoms with E-state index in [1.165, 1.54) is 115 Å². The highest BCUT2D eigenvalue weighted by molar-refractivity contribution is 7.47. The average molecular weight is 864 g/mol. The van der Waals surface area contributed by atoms with E-state index in [1.54, 1.807) is 6.08 Å². The standard InChI is InChI=1S/C45H86NO12P/c1-3-5-7-9-11-13-15-17-19-21-23-25-27-29-31-33-38(48)37(35-57-59(55,56)58-45-43(53)41(51)40(50)42(52)44(45)54)46-39(49)34-36(47)32-30-28-26-24-22-20-18-16-14-12-10-8-6-4-2/h20,22,31,33,36-38,40-45,47-48,50-54H,3-19,21,23-30,32,34-35H2,1-2H3,(H,46,49)(H,55,56)/b22-20-,33-31+. The van der Waals surface area contributed by atoms with Crippen LogP contribution in [-0.4, -0.2) is 108 Å². The van der Waals surface area contributed by atoms with Gasteiger partial charge in [-0.2, -0.15) is 0 Å². The molecule has 0 aliphatic heterocycles. The maximum atomic E-state index is 13.0. The second-order valence-electron chi connectivity index (χ2n) is 16.8. The molecule has 0 bridgehead atoms. The van der Waals surface area contributed by atoms with E-state index in [2.05, 4.69) is 31.3 Å². The number of rotatable bonds is 38. The van der Waals surface area contributed by atoms with Crippen molar-refractivity contribution in [2.24, 2.45) is 0 Å². The fourth-order valence-electron chi connectivity index (χ4n) is 7.41. The van der Waals surface area contributed by atoms with E-state index in [4.69, 9.17) is 9.05 Å². The zero-order chi connectivity index (χ0) is 43.7. The molecule has 1 aliphatic carbocycles. The highest BCUT2D eigenvalue weighted by atomic mass is 31.2. The van der Waals surface area contributed by atoms with Gasteiger partial charge < -0.3 is 46.0 Å². The predicted molar refractivity (Wildman–Crippen MR) is 234 cm³/mol. The van der Waals surface area contributed by atoms with Crippen molar-refractivity contribution in [1.29, 1.82) is 0 Å². The van der Waals surface area contributed by atoms with Gasteiger partial charge in [0.15, 0.2) is 0 Å². The van der Waals surface area contributed by atoms with Crippen LogP contribution < -0.4 is 5.32 Å². The monoisotopic (exact) mass is 864 g/mol. The molecule has 1 aliphatic rings. The minimum Gasteiger partial charge on any atom is -0.393 e. The van der Waals surface area contributed by atoms with E-state index in [0.29, 0.717) is 12.8 Å². The molecule has 14 heteroatoms. The summed E-state index contributed by atoms with van der Waals surface area (Å²) in [5.74, 6) is -0.601. The number of amides is 1. The minimum atomic E-state index is -5.14. The van der Waals surface area contributed by atoms with E-state index >= 15 is 0 Å². The minimum absolute atomic E-state index is 0.254. The number of hydrogen-bond acceptors (Lipinski definition) is 11. The van der Waals surface area contributed by atoms with Gasteiger partial charge in [0.2, 0.25) is 5.91 Å². The molecule has 0 radical (unpaired) electrons. The van der Waals surface area contributed by atoms with Crippen LogP contribution in [0.15, 0.2) is 24.3 Å². The van der Waals surface area contributed by atoms with Gasteiger partial charge in [0.1, 0.15) is 36.6 Å². The zero-order valence-corrected chi connectivity index (χ0v) is 37.6. The molecule has 8 atom stereocenters. The Morgan fingerprint density at radius 2 is 0.983 bits per heavy atom. The number of phosphoric ester groups is 1. The molecule has 0 saturated heterocycles. The summed E-state index contributed by atoms with van der Waals surface area (Å²) in [5.41, 5.74) is 0. The Morgan fingerprint density at radius 1 is 0.593 bits per heavy atom. The van der Waals surface area contributed by atoms with Crippen LogP contribution in [0.3, 0.4) is 0 Å². The molecule has 1 saturated carbocycles. The summed E-state index contributed by atoms with van der Waals surface area (Å²) >= 11 is 0. The highest BCUT2D eigenvalue weighted by Crippen LogP contribution is 2.47. The molecule has 0 heterocycles. The summed E-state index contributed by atoms with van der Waals surface area (Å²) in [4.78, 5) is 23.4. The van der Waals surface area contributed by atoms with Crippen molar-refractivity contribution in [3.8, 4) is 0 Å². The quantitative estimate of drug-likeness (QED) is 0.0166. The summed E-state index contributed by atoms with van der Waals surface area (Å²) in [6, 6.07) is -1.24. The average Bonchev–Trinajstić information content (AvgIpc) is 3.21. The van der Waals surface area contributed by atoms with Gasteiger partial charge in [-0.3, -0.25) is 13.8 Å². The SMILES string of the molecule is CCCCCCCCC/C=C\CCCCCC(O)CC(=O)NC(COP(=O)(O)OC1C(O)C(O)C(O)C(O)C1O)C(O)/C=C/CCCCCCCCCCCCCCC. The smallest absolute Gasteiger partial charge is 0.393 e. The Kier molecular flexibility index (Phi) is 33.3. The molecular weight excluding hydrogens is 777 g/mol. The van der Waals surface area contributed by atoms with E-state index in [1.807, 2.05) is 0 Å². The van der Waals surface area contributed by atoms with Crippen LogP contribution in [0.2, 0.25) is 0 Å². The van der Waals surface area contributed by atoms with Crippen LogP contribution in [0.1, 0.15) is 194 Å². The number of hydrogen-bond donors (Lipinski definition) is 9. The maximum Gasteiger partial charge on any atom is 0.472 e. The highest BCUT2D eigenvalue weighted by Gasteiger charge is 2.51. The third-order valence-electron chi connectivity index (χ3n) is 11.3. The number of aliphatic hydroxyl groups is 7. The number of aliphatic hydroxyl groups excluding tert-OH is 7. The maximum absolute atomic E-state index is 13.0. The lowest BCUT2D eigenvalue weighted by Crippen LogP contribution is -2.64. The molecular formula is C45H86NO12P. The van der Waals surface area contributed by atoms with Gasteiger partial charge in [-0.15, -0.1) is 0 Å². The van der Waals surface area contributed by atoms with Gasteiger partial charge in [0.05, 0.1) is 31.3 Å². The van der Waals surface area contributed by atoms with Crippen molar-refractivity contribution < 1.29 is 59.0 Å². The number of phosphoric acid groups is 1. The first kappa shape index (κ1) is 55.8. The normalized spacial score (nSPS) is 23.8. The van der Waals surface area contributed by atoms with E-state index < -0.39 is 75.2 Å².